The summed E-state index contributed by atoms with van der Waals surface area (Å²) in [6.07, 6.45) is 10.1. The maximum absolute atomic E-state index is 12.2. The summed E-state index contributed by atoms with van der Waals surface area (Å²) in [5.41, 5.74) is 2.29. The van der Waals surface area contributed by atoms with Crippen LogP contribution in [0, 0.1) is 11.8 Å². The van der Waals surface area contributed by atoms with Crippen LogP contribution in [0.3, 0.4) is 0 Å². The molecule has 15 heteroatoms. The van der Waals surface area contributed by atoms with Gasteiger partial charge in [-0.25, -0.2) is 0 Å². The zero-order chi connectivity index (χ0) is 52.3. The van der Waals surface area contributed by atoms with Gasteiger partial charge in [0.25, 0.3) is 0 Å². The van der Waals surface area contributed by atoms with Gasteiger partial charge < -0.3 is 56.3 Å². The standard InChI is InChI=1S/C58H102O12Si3/c1-14-71(15-2,16-3)61-37-44(69-72(17-4,18-5)19-6)34-50-52(60-13)45-33-41(59)25-23-24-26-47-54(70-73(20-7,21-8)22-9)57-56-55(65-47)53-51(66-56)36-58(67-53,68-57)30-29-43-32-39(11)46(62-43)28-27-42-31-38(10)40(12)48(63-42)35-49(45)64-50/h23-24,38,41-57,59H,11-12,14-22,25-37H2,1-10,13H3/b24-23+/t38?,41?,42?,43?,44-,45?,46-,47-,48+,49-,50+,51?,52+,53?,54?,55-,56?,57-,58-/m0/s1. The molecule has 9 unspecified atom stereocenters. The minimum absolute atomic E-state index is 0.0190. The molecule has 19 atom stereocenters. The summed E-state index contributed by atoms with van der Waals surface area (Å²) in [5.74, 6) is -0.551. The van der Waals surface area contributed by atoms with Crippen molar-refractivity contribution in [3.63, 3.8) is 0 Å². The van der Waals surface area contributed by atoms with E-state index in [2.05, 4.69) is 94.5 Å². The summed E-state index contributed by atoms with van der Waals surface area (Å²) in [6.45, 7) is 32.8. The molecule has 8 fully saturated rings. The summed E-state index contributed by atoms with van der Waals surface area (Å²) in [5, 5.41) is 12.2. The fourth-order valence-electron chi connectivity index (χ4n) is 14.8. The number of hydrogen-bond donors (Lipinski definition) is 1. The monoisotopic (exact) mass is 1070 g/mol. The van der Waals surface area contributed by atoms with Crippen molar-refractivity contribution in [2.45, 2.75) is 304 Å². The van der Waals surface area contributed by atoms with E-state index >= 15 is 0 Å². The molecule has 9 aliphatic heterocycles. The smallest absolute Gasteiger partial charge is 0.192 e. The third-order valence-electron chi connectivity index (χ3n) is 20.3. The van der Waals surface area contributed by atoms with Crippen molar-refractivity contribution in [2.24, 2.45) is 11.8 Å². The van der Waals surface area contributed by atoms with E-state index in [4.69, 9.17) is 51.2 Å². The van der Waals surface area contributed by atoms with E-state index in [1.807, 2.05) is 7.11 Å². The third kappa shape index (κ3) is 12.6. The largest absolute Gasteiger partial charge is 0.414 e. The fourth-order valence-corrected chi connectivity index (χ4v) is 23.2. The lowest BCUT2D eigenvalue weighted by Gasteiger charge is -2.47. The van der Waals surface area contributed by atoms with Crippen LogP contribution in [-0.4, -0.2) is 147 Å². The van der Waals surface area contributed by atoms with Gasteiger partial charge in [-0.05, 0) is 123 Å². The molecule has 9 aliphatic rings. The van der Waals surface area contributed by atoms with Crippen molar-refractivity contribution in [3.05, 3.63) is 36.5 Å². The van der Waals surface area contributed by atoms with Gasteiger partial charge in [0, 0.05) is 38.7 Å². The van der Waals surface area contributed by atoms with Crippen LogP contribution in [0.2, 0.25) is 54.4 Å². The Labute approximate surface area is 445 Å². The van der Waals surface area contributed by atoms with Crippen LogP contribution in [0.4, 0.5) is 0 Å². The Kier molecular flexibility index (Phi) is 20.2. The van der Waals surface area contributed by atoms with E-state index in [1.54, 1.807) is 0 Å². The molecular weight excluding hydrogens is 973 g/mol. The molecule has 0 amide bonds. The lowest BCUT2D eigenvalue weighted by atomic mass is 9.81. The zero-order valence-electron chi connectivity index (χ0n) is 47.5. The lowest BCUT2D eigenvalue weighted by molar-refractivity contribution is -0.271. The van der Waals surface area contributed by atoms with Crippen molar-refractivity contribution in [1.82, 2.24) is 0 Å². The number of aliphatic hydroxyl groups is 1. The first-order valence-corrected chi connectivity index (χ1v) is 37.5. The average Bonchev–Trinajstić information content (AvgIpc) is 4.08. The molecule has 11 bridgehead atoms. The van der Waals surface area contributed by atoms with Gasteiger partial charge in [-0.1, -0.05) is 94.5 Å². The minimum atomic E-state index is -2.12. The maximum Gasteiger partial charge on any atom is 0.192 e. The molecule has 9 heterocycles. The molecule has 0 radical (unpaired) electrons. The maximum atomic E-state index is 12.2. The van der Waals surface area contributed by atoms with Gasteiger partial charge in [0.1, 0.15) is 30.5 Å². The molecule has 73 heavy (non-hydrogen) atoms. The highest BCUT2D eigenvalue weighted by Gasteiger charge is 2.68. The Bertz CT molecular complexity index is 1800. The number of rotatable bonds is 19. The highest BCUT2D eigenvalue weighted by Crippen LogP contribution is 2.54. The second kappa shape index (κ2) is 25.2. The van der Waals surface area contributed by atoms with E-state index in [0.29, 0.717) is 51.0 Å². The highest BCUT2D eigenvalue weighted by molar-refractivity contribution is 6.74. The van der Waals surface area contributed by atoms with Crippen molar-refractivity contribution in [2.75, 3.05) is 13.7 Å². The SMILES string of the molecule is C=C1CC2CC[C@@]34CC5OC6[C@@H](O3)C(O[Si](CC)(CC)CC)[C@H](C/C=C/CC(O)CC3[C@H](C[C@H]7OC(CC[C@@H]1O2)CC(C)C7=C)O[C@H](C[C@@H](CO[Si](CC)(CC)CC)O[Si](CC)(CC)CC)[C@@H]3OC)O[C@H]6C5O4. The van der Waals surface area contributed by atoms with E-state index in [-0.39, 0.29) is 97.5 Å². The van der Waals surface area contributed by atoms with Crippen molar-refractivity contribution < 1.29 is 56.3 Å². The first-order valence-electron chi connectivity index (χ1n) is 30.0. The fraction of sp³-hybridized carbons (Fsp3) is 0.897. The average molecular weight is 1080 g/mol. The van der Waals surface area contributed by atoms with Crippen molar-refractivity contribution >= 4 is 25.0 Å². The van der Waals surface area contributed by atoms with Gasteiger partial charge in [-0.2, -0.15) is 0 Å². The van der Waals surface area contributed by atoms with E-state index in [9.17, 15) is 5.11 Å². The first kappa shape index (κ1) is 58.5. The van der Waals surface area contributed by atoms with Gasteiger partial charge in [0.2, 0.25) is 0 Å². The summed E-state index contributed by atoms with van der Waals surface area (Å²) in [4.78, 5) is 0. The molecular formula is C58H102O12Si3. The Morgan fingerprint density at radius 2 is 1.29 bits per heavy atom. The highest BCUT2D eigenvalue weighted by atomic mass is 28.4. The lowest BCUT2D eigenvalue weighted by Crippen LogP contribution is -2.62. The predicted octanol–water partition coefficient (Wildman–Crippen LogP) is 12.1. The molecule has 12 nitrogen and oxygen atoms in total. The normalized spacial score (nSPS) is 41.3. The molecule has 8 saturated heterocycles. The third-order valence-corrected chi connectivity index (χ3v) is 34.3. The first-order chi connectivity index (χ1) is 35.1. The van der Waals surface area contributed by atoms with Gasteiger partial charge in [-0.3, -0.25) is 0 Å². The zero-order valence-corrected chi connectivity index (χ0v) is 50.5. The molecule has 9 rings (SSSR count). The van der Waals surface area contributed by atoms with Crippen LogP contribution in [0.1, 0.15) is 146 Å². The Morgan fingerprint density at radius 3 is 1.96 bits per heavy atom. The minimum Gasteiger partial charge on any atom is -0.414 e. The number of fused-ring (bicyclic) bond motifs is 6. The van der Waals surface area contributed by atoms with Gasteiger partial charge in [-0.15, -0.1) is 0 Å². The van der Waals surface area contributed by atoms with Crippen LogP contribution >= 0.6 is 0 Å². The molecule has 1 N–H and O–H groups in total. The van der Waals surface area contributed by atoms with Crippen LogP contribution in [-0.2, 0) is 51.2 Å². The van der Waals surface area contributed by atoms with Crippen LogP contribution < -0.4 is 0 Å². The van der Waals surface area contributed by atoms with Crippen LogP contribution in [0.5, 0.6) is 0 Å². The van der Waals surface area contributed by atoms with E-state index < -0.39 is 36.8 Å². The van der Waals surface area contributed by atoms with Crippen LogP contribution in [0.15, 0.2) is 36.5 Å². The van der Waals surface area contributed by atoms with E-state index in [0.717, 1.165) is 104 Å². The summed E-state index contributed by atoms with van der Waals surface area (Å²) in [7, 11) is -4.21. The number of ether oxygens (including phenoxy) is 8. The van der Waals surface area contributed by atoms with Crippen molar-refractivity contribution in [3.8, 4) is 0 Å². The second-order valence-corrected chi connectivity index (χ2v) is 38.2. The molecule has 0 aliphatic carbocycles. The molecule has 0 aromatic rings. The molecule has 0 aromatic heterocycles. The topological polar surface area (TPSA) is 122 Å². The second-order valence-electron chi connectivity index (χ2n) is 24.0. The molecule has 1 spiro atoms. The number of methoxy groups -OCH3 is 1. The van der Waals surface area contributed by atoms with Crippen LogP contribution in [0.25, 0.3) is 0 Å². The molecule has 0 saturated carbocycles. The quantitative estimate of drug-likeness (QED) is 0.0979. The predicted molar refractivity (Wildman–Crippen MR) is 295 cm³/mol. The van der Waals surface area contributed by atoms with E-state index in [1.165, 1.54) is 0 Å². The molecule has 418 valence electrons. The molecule has 0 aromatic carbocycles. The van der Waals surface area contributed by atoms with Gasteiger partial charge >= 0.3 is 0 Å². The summed E-state index contributed by atoms with van der Waals surface area (Å²) < 4.78 is 78.1. The Morgan fingerprint density at radius 1 is 0.658 bits per heavy atom. The Balaban J connectivity index is 1.08. The summed E-state index contributed by atoms with van der Waals surface area (Å²) >= 11 is 0. The number of aliphatic hydroxyl groups excluding tert-OH is 1. The van der Waals surface area contributed by atoms with Crippen molar-refractivity contribution in [1.29, 1.82) is 0 Å². The van der Waals surface area contributed by atoms with Gasteiger partial charge in [0.15, 0.2) is 30.7 Å². The van der Waals surface area contributed by atoms with Gasteiger partial charge in [0.05, 0.1) is 73.8 Å². The Hall–Kier alpha value is -0.609. The summed E-state index contributed by atoms with van der Waals surface area (Å²) in [6, 6.07) is 9.57. The number of hydrogen-bond acceptors (Lipinski definition) is 12.